The molecule has 1 aliphatic heterocycles. The van der Waals surface area contributed by atoms with E-state index in [0.717, 1.165) is 14.1 Å². The zero-order valence-corrected chi connectivity index (χ0v) is 14.3. The molecule has 0 fully saturated rings. The molecule has 0 spiro atoms. The van der Waals surface area contributed by atoms with Gasteiger partial charge in [-0.15, -0.1) is 0 Å². The van der Waals surface area contributed by atoms with Crippen molar-refractivity contribution in [3.63, 3.8) is 0 Å². The summed E-state index contributed by atoms with van der Waals surface area (Å²) in [6, 6.07) is 4.58. The number of hydrogen-bond donors (Lipinski definition) is 0. The minimum Gasteiger partial charge on any atom is -0.268 e. The summed E-state index contributed by atoms with van der Waals surface area (Å²) in [4.78, 5) is 12.1. The summed E-state index contributed by atoms with van der Waals surface area (Å²) in [6.45, 7) is -0.126. The van der Waals surface area contributed by atoms with Gasteiger partial charge in [0.1, 0.15) is 14.7 Å². The van der Waals surface area contributed by atoms with Gasteiger partial charge in [-0.1, -0.05) is 0 Å². The van der Waals surface area contributed by atoms with Crippen LogP contribution < -0.4 is 0 Å². The summed E-state index contributed by atoms with van der Waals surface area (Å²) in [5.74, 6) is -0.745. The van der Waals surface area contributed by atoms with Crippen molar-refractivity contribution < 1.29 is 21.6 Å². The van der Waals surface area contributed by atoms with E-state index in [-0.39, 0.29) is 29.2 Å². The fourth-order valence-electron chi connectivity index (χ4n) is 1.94. The Bertz CT molecular complexity index is 770. The highest BCUT2D eigenvalue weighted by Gasteiger charge is 2.40. The van der Waals surface area contributed by atoms with E-state index in [1.807, 2.05) is 22.6 Å². The first-order valence-corrected chi connectivity index (χ1v) is 10.3. The Morgan fingerprint density at radius 1 is 1.30 bits per heavy atom. The number of carbonyl (C=O) groups excluding carboxylic acids is 1. The number of nitrogens with zero attached hydrogens (tertiary/aromatic N) is 1. The predicted octanol–water partition coefficient (Wildman–Crippen LogP) is 0.870. The number of fused-ring (bicyclic) bond motifs is 1. The van der Waals surface area contributed by atoms with Crippen molar-refractivity contribution in [3.8, 4) is 0 Å². The van der Waals surface area contributed by atoms with Crippen LogP contribution in [0.5, 0.6) is 0 Å². The summed E-state index contributed by atoms with van der Waals surface area (Å²) in [5.41, 5.74) is 0.143. The van der Waals surface area contributed by atoms with Gasteiger partial charge in [0.15, 0.2) is 0 Å². The standard InChI is InChI=1S/C11H12INO5S2/c1-19(15,16)6-2-5-13-11(14)9-4-3-8(12)7-10(9)20(13,17)18/h3-4,7H,2,5-6H2,1H3. The highest BCUT2D eigenvalue weighted by Crippen LogP contribution is 2.31. The highest BCUT2D eigenvalue weighted by atomic mass is 127. The zero-order valence-electron chi connectivity index (χ0n) is 10.5. The number of benzene rings is 1. The zero-order chi connectivity index (χ0) is 15.1. The van der Waals surface area contributed by atoms with E-state index in [1.165, 1.54) is 12.1 Å². The molecule has 9 heteroatoms. The molecule has 0 aliphatic carbocycles. The normalized spacial score (nSPS) is 17.3. The van der Waals surface area contributed by atoms with Gasteiger partial charge in [-0.3, -0.25) is 4.79 Å². The molecule has 0 unspecified atom stereocenters. The number of sulfonamides is 1. The minimum absolute atomic E-state index is 0.00578. The van der Waals surface area contributed by atoms with Gasteiger partial charge >= 0.3 is 0 Å². The number of hydrogen-bond acceptors (Lipinski definition) is 5. The molecule has 0 N–H and O–H groups in total. The molecule has 0 radical (unpaired) electrons. The second-order valence-corrected chi connectivity index (χ2v) is 9.84. The summed E-state index contributed by atoms with van der Waals surface area (Å²) in [7, 11) is -7.03. The van der Waals surface area contributed by atoms with Gasteiger partial charge in [-0.05, 0) is 47.2 Å². The molecule has 1 aromatic carbocycles. The minimum atomic E-state index is -3.85. The lowest BCUT2D eigenvalue weighted by Crippen LogP contribution is -2.31. The molecule has 0 atom stereocenters. The molecule has 1 aliphatic rings. The lowest BCUT2D eigenvalue weighted by Gasteiger charge is -2.14. The Hall–Kier alpha value is -0.680. The number of amides is 1. The van der Waals surface area contributed by atoms with Crippen molar-refractivity contribution in [1.82, 2.24) is 4.31 Å². The van der Waals surface area contributed by atoms with Crippen molar-refractivity contribution in [3.05, 3.63) is 27.3 Å². The van der Waals surface area contributed by atoms with E-state index in [4.69, 9.17) is 0 Å². The van der Waals surface area contributed by atoms with Gasteiger partial charge < -0.3 is 0 Å². The molecule has 6 nitrogen and oxygen atoms in total. The van der Waals surface area contributed by atoms with E-state index in [1.54, 1.807) is 6.07 Å². The molecule has 0 saturated heterocycles. The topological polar surface area (TPSA) is 88.6 Å². The fourth-order valence-corrected chi connectivity index (χ4v) is 4.93. The van der Waals surface area contributed by atoms with Crippen LogP contribution in [0.2, 0.25) is 0 Å². The van der Waals surface area contributed by atoms with Crippen molar-refractivity contribution in [2.24, 2.45) is 0 Å². The van der Waals surface area contributed by atoms with Crippen LogP contribution in [0.3, 0.4) is 0 Å². The fraction of sp³-hybridized carbons (Fsp3) is 0.364. The van der Waals surface area contributed by atoms with E-state index in [2.05, 4.69) is 0 Å². The molecule has 20 heavy (non-hydrogen) atoms. The van der Waals surface area contributed by atoms with Crippen LogP contribution in [-0.2, 0) is 19.9 Å². The lowest BCUT2D eigenvalue weighted by atomic mass is 10.2. The molecule has 1 heterocycles. The Kier molecular flexibility index (Phi) is 4.13. The van der Waals surface area contributed by atoms with E-state index < -0.39 is 25.8 Å². The SMILES string of the molecule is CS(=O)(=O)CCCN1C(=O)c2ccc(I)cc2S1(=O)=O. The summed E-state index contributed by atoms with van der Waals surface area (Å²) in [5, 5.41) is 0. The smallest absolute Gasteiger partial charge is 0.268 e. The Morgan fingerprint density at radius 3 is 2.55 bits per heavy atom. The molecule has 0 saturated carbocycles. The van der Waals surface area contributed by atoms with Crippen molar-refractivity contribution in [1.29, 1.82) is 0 Å². The maximum Gasteiger partial charge on any atom is 0.269 e. The van der Waals surface area contributed by atoms with Crippen LogP contribution in [-0.4, -0.2) is 45.6 Å². The summed E-state index contributed by atoms with van der Waals surface area (Å²) >= 11 is 1.97. The molecular weight excluding hydrogens is 417 g/mol. The number of sulfone groups is 1. The third-order valence-electron chi connectivity index (χ3n) is 2.84. The highest BCUT2D eigenvalue weighted by molar-refractivity contribution is 14.1. The van der Waals surface area contributed by atoms with Gasteiger partial charge in [0, 0.05) is 16.4 Å². The van der Waals surface area contributed by atoms with Crippen LogP contribution in [0.25, 0.3) is 0 Å². The molecule has 0 bridgehead atoms. The van der Waals surface area contributed by atoms with E-state index in [0.29, 0.717) is 0 Å². The second-order valence-electron chi connectivity index (χ2n) is 4.51. The Morgan fingerprint density at radius 2 is 1.95 bits per heavy atom. The Balaban J connectivity index is 2.28. The molecular formula is C11H12INO5S2. The average Bonchev–Trinajstić information content (AvgIpc) is 2.48. The molecule has 0 aromatic heterocycles. The second kappa shape index (κ2) is 5.26. The molecule has 1 amide bonds. The Labute approximate surface area is 131 Å². The van der Waals surface area contributed by atoms with Crippen LogP contribution in [0, 0.1) is 3.57 Å². The first-order chi connectivity index (χ1) is 9.13. The van der Waals surface area contributed by atoms with Gasteiger partial charge in [0.05, 0.1) is 11.3 Å². The summed E-state index contributed by atoms with van der Waals surface area (Å²) < 4.78 is 48.1. The monoisotopic (exact) mass is 429 g/mol. The predicted molar refractivity (Wildman–Crippen MR) is 81.7 cm³/mol. The van der Waals surface area contributed by atoms with Crippen molar-refractivity contribution in [2.75, 3.05) is 18.6 Å². The first-order valence-electron chi connectivity index (χ1n) is 5.67. The van der Waals surface area contributed by atoms with Crippen LogP contribution in [0.15, 0.2) is 23.1 Å². The largest absolute Gasteiger partial charge is 0.269 e. The van der Waals surface area contributed by atoms with Gasteiger partial charge in [0.2, 0.25) is 0 Å². The number of rotatable bonds is 4. The number of carbonyl (C=O) groups is 1. The van der Waals surface area contributed by atoms with Crippen molar-refractivity contribution in [2.45, 2.75) is 11.3 Å². The average molecular weight is 429 g/mol. The van der Waals surface area contributed by atoms with Gasteiger partial charge in [-0.2, -0.15) is 0 Å². The maximum atomic E-state index is 12.3. The third-order valence-corrected chi connectivity index (χ3v) is 6.37. The van der Waals surface area contributed by atoms with E-state index >= 15 is 0 Å². The van der Waals surface area contributed by atoms with Gasteiger partial charge in [0.25, 0.3) is 15.9 Å². The molecule has 2 rings (SSSR count). The van der Waals surface area contributed by atoms with Crippen LogP contribution in [0.4, 0.5) is 0 Å². The van der Waals surface area contributed by atoms with E-state index in [9.17, 15) is 21.6 Å². The van der Waals surface area contributed by atoms with Crippen LogP contribution >= 0.6 is 22.6 Å². The van der Waals surface area contributed by atoms with Crippen molar-refractivity contribution >= 4 is 48.4 Å². The first kappa shape index (κ1) is 15.7. The molecule has 1 aromatic rings. The third kappa shape index (κ3) is 2.98. The maximum absolute atomic E-state index is 12.3. The molecule has 110 valence electrons. The number of halogens is 1. The quantitative estimate of drug-likeness (QED) is 0.663. The van der Waals surface area contributed by atoms with Gasteiger partial charge in [-0.25, -0.2) is 21.1 Å². The lowest BCUT2D eigenvalue weighted by molar-refractivity contribution is 0.0871. The summed E-state index contributed by atoms with van der Waals surface area (Å²) in [6.07, 6.45) is 1.17. The van der Waals surface area contributed by atoms with Crippen LogP contribution in [0.1, 0.15) is 16.8 Å².